The van der Waals surface area contributed by atoms with E-state index in [0.717, 1.165) is 12.0 Å². The highest BCUT2D eigenvalue weighted by molar-refractivity contribution is 5.86. The summed E-state index contributed by atoms with van der Waals surface area (Å²) in [6.45, 7) is 1.52. The Labute approximate surface area is 75.6 Å². The quantitative estimate of drug-likeness (QED) is 0.445. The molecule has 0 aromatic rings. The summed E-state index contributed by atoms with van der Waals surface area (Å²) in [7, 11) is 1.11. The molecule has 0 spiro atoms. The van der Waals surface area contributed by atoms with E-state index in [-0.39, 0.29) is 13.0 Å². The average molecular weight is 189 g/mol. The molecule has 0 N–H and O–H groups in total. The predicted molar refractivity (Wildman–Crippen MR) is 42.5 cm³/mol. The molecule has 1 atom stereocenters. The van der Waals surface area contributed by atoms with Crippen LogP contribution in [0.15, 0.2) is 0 Å². The number of halogens is 1. The Morgan fingerprint density at radius 3 is 2.62 bits per heavy atom. The van der Waals surface area contributed by atoms with Crippen molar-refractivity contribution in [3.8, 4) is 0 Å². The second-order valence-electron chi connectivity index (χ2n) is 3.03. The molecule has 0 aliphatic carbocycles. The first-order chi connectivity index (χ1) is 6.02. The van der Waals surface area contributed by atoms with E-state index >= 15 is 0 Å². The van der Waals surface area contributed by atoms with E-state index in [4.69, 9.17) is 0 Å². The van der Waals surface area contributed by atoms with Crippen LogP contribution >= 0.6 is 0 Å². The van der Waals surface area contributed by atoms with Crippen LogP contribution in [-0.2, 0) is 14.3 Å². The molecule has 0 bridgehead atoms. The molecule has 1 heterocycles. The van der Waals surface area contributed by atoms with Crippen molar-refractivity contribution in [1.82, 2.24) is 4.90 Å². The monoisotopic (exact) mass is 189 g/mol. The zero-order chi connectivity index (χ0) is 10.1. The molecule has 5 heteroatoms. The number of hydrogen-bond donors (Lipinski definition) is 0. The molecule has 0 unspecified atom stereocenters. The third-order valence-electron chi connectivity index (χ3n) is 2.20. The molecule has 13 heavy (non-hydrogen) atoms. The molecule has 0 saturated carbocycles. The van der Waals surface area contributed by atoms with Gasteiger partial charge in [0.1, 0.15) is 0 Å². The van der Waals surface area contributed by atoms with Crippen LogP contribution in [0.2, 0.25) is 0 Å². The highest BCUT2D eigenvalue weighted by Gasteiger charge is 2.50. The third-order valence-corrected chi connectivity index (χ3v) is 2.20. The van der Waals surface area contributed by atoms with Gasteiger partial charge in [-0.25, -0.2) is 9.18 Å². The molecule has 1 aliphatic heterocycles. The van der Waals surface area contributed by atoms with Crippen LogP contribution in [0.1, 0.15) is 19.8 Å². The third kappa shape index (κ3) is 1.50. The largest absolute Gasteiger partial charge is 0.465 e. The molecule has 74 valence electrons. The van der Waals surface area contributed by atoms with Gasteiger partial charge in [-0.15, -0.1) is 0 Å². The fraction of sp³-hybridized carbons (Fsp3) is 0.750. The van der Waals surface area contributed by atoms with Gasteiger partial charge in [-0.1, -0.05) is 0 Å². The fourth-order valence-corrected chi connectivity index (χ4v) is 1.56. The number of amides is 1. The molecular weight excluding hydrogens is 177 g/mol. The van der Waals surface area contributed by atoms with E-state index in [1.54, 1.807) is 0 Å². The van der Waals surface area contributed by atoms with Crippen LogP contribution in [0.3, 0.4) is 0 Å². The highest BCUT2D eigenvalue weighted by atomic mass is 19.1. The van der Waals surface area contributed by atoms with E-state index in [0.29, 0.717) is 6.42 Å². The Balaban J connectivity index is 2.87. The minimum Gasteiger partial charge on any atom is -0.465 e. The van der Waals surface area contributed by atoms with Gasteiger partial charge in [-0.3, -0.25) is 4.79 Å². The lowest BCUT2D eigenvalue weighted by Crippen LogP contribution is -2.49. The number of hydrogen-bond acceptors (Lipinski definition) is 3. The van der Waals surface area contributed by atoms with Gasteiger partial charge >= 0.3 is 5.97 Å². The van der Waals surface area contributed by atoms with Crippen molar-refractivity contribution in [1.29, 1.82) is 0 Å². The van der Waals surface area contributed by atoms with E-state index in [2.05, 4.69) is 4.74 Å². The second-order valence-corrected chi connectivity index (χ2v) is 3.03. The number of likely N-dealkylation sites (tertiary alicyclic amines) is 1. The van der Waals surface area contributed by atoms with Gasteiger partial charge in [0.05, 0.1) is 7.11 Å². The van der Waals surface area contributed by atoms with E-state index in [1.165, 1.54) is 6.92 Å². The van der Waals surface area contributed by atoms with Crippen molar-refractivity contribution in [3.05, 3.63) is 0 Å². The zero-order valence-electron chi connectivity index (χ0n) is 7.67. The first-order valence-corrected chi connectivity index (χ1v) is 4.08. The first-order valence-electron chi connectivity index (χ1n) is 4.08. The van der Waals surface area contributed by atoms with Crippen LogP contribution in [0.5, 0.6) is 0 Å². The second kappa shape index (κ2) is 3.32. The minimum absolute atomic E-state index is 0.0270. The van der Waals surface area contributed by atoms with Gasteiger partial charge in [-0.2, -0.15) is 0 Å². The van der Waals surface area contributed by atoms with Gasteiger partial charge in [0.2, 0.25) is 5.91 Å². The molecule has 1 saturated heterocycles. The van der Waals surface area contributed by atoms with Gasteiger partial charge in [0.15, 0.2) is 0 Å². The Morgan fingerprint density at radius 1 is 1.54 bits per heavy atom. The molecule has 0 radical (unpaired) electrons. The lowest BCUT2D eigenvalue weighted by Gasteiger charge is -2.27. The number of methoxy groups -OCH3 is 1. The number of carbonyl (C=O) groups excluding carboxylic acids is 2. The Hall–Kier alpha value is -1.13. The lowest BCUT2D eigenvalue weighted by molar-refractivity contribution is -0.171. The fourth-order valence-electron chi connectivity index (χ4n) is 1.56. The van der Waals surface area contributed by atoms with Crippen molar-refractivity contribution in [3.63, 3.8) is 0 Å². The maximum absolute atomic E-state index is 13.9. The van der Waals surface area contributed by atoms with E-state index < -0.39 is 17.7 Å². The molecule has 1 aliphatic rings. The highest BCUT2D eigenvalue weighted by Crippen LogP contribution is 2.31. The smallest absolute Gasteiger partial charge is 0.365 e. The maximum atomic E-state index is 13.9. The van der Waals surface area contributed by atoms with Gasteiger partial charge < -0.3 is 9.64 Å². The molecular formula is C8H12FNO3. The maximum Gasteiger partial charge on any atom is 0.365 e. The van der Waals surface area contributed by atoms with Gasteiger partial charge in [0, 0.05) is 19.9 Å². The summed E-state index contributed by atoms with van der Waals surface area (Å²) in [6.07, 6.45) is 0.518. The van der Waals surface area contributed by atoms with Crippen LogP contribution in [0.25, 0.3) is 0 Å². The van der Waals surface area contributed by atoms with Crippen LogP contribution < -0.4 is 0 Å². The Morgan fingerprint density at radius 2 is 2.15 bits per heavy atom. The number of alkyl halides is 1. The van der Waals surface area contributed by atoms with Crippen molar-refractivity contribution in [2.75, 3.05) is 13.7 Å². The molecule has 0 aromatic carbocycles. The van der Waals surface area contributed by atoms with Crippen molar-refractivity contribution in [2.45, 2.75) is 25.6 Å². The number of nitrogens with zero attached hydrogens (tertiary/aromatic N) is 1. The molecule has 1 rings (SSSR count). The number of carbonyl (C=O) groups is 2. The van der Waals surface area contributed by atoms with E-state index in [9.17, 15) is 14.0 Å². The molecule has 4 nitrogen and oxygen atoms in total. The average Bonchev–Trinajstić information content (AvgIpc) is 2.47. The van der Waals surface area contributed by atoms with Crippen LogP contribution in [0.4, 0.5) is 4.39 Å². The Bertz CT molecular complexity index is 244. The van der Waals surface area contributed by atoms with Crippen LogP contribution in [0, 0.1) is 0 Å². The summed E-state index contributed by atoms with van der Waals surface area (Å²) >= 11 is 0. The van der Waals surface area contributed by atoms with Gasteiger partial charge in [0.25, 0.3) is 5.79 Å². The molecule has 0 aromatic heterocycles. The van der Waals surface area contributed by atoms with Gasteiger partial charge in [-0.05, 0) is 6.42 Å². The number of ether oxygens (including phenoxy) is 1. The predicted octanol–water partition coefficient (Wildman–Crippen LogP) is 0.468. The summed E-state index contributed by atoms with van der Waals surface area (Å²) in [5, 5.41) is 0. The SMILES string of the molecule is COC(=O)[C@]1(F)CCCN1C(C)=O. The molecule has 1 fully saturated rings. The van der Waals surface area contributed by atoms with Crippen molar-refractivity contribution in [2.24, 2.45) is 0 Å². The summed E-state index contributed by atoms with van der Waals surface area (Å²) in [5.74, 6) is -3.66. The van der Waals surface area contributed by atoms with E-state index in [1.807, 2.05) is 0 Å². The van der Waals surface area contributed by atoms with Crippen molar-refractivity contribution < 1.29 is 18.7 Å². The first kappa shape index (κ1) is 9.95. The number of esters is 1. The minimum atomic E-state index is -2.24. The zero-order valence-corrected chi connectivity index (χ0v) is 7.67. The normalized spacial score (nSPS) is 27.5. The summed E-state index contributed by atoms with van der Waals surface area (Å²) in [4.78, 5) is 22.9. The standard InChI is InChI=1S/C8H12FNO3/c1-6(11)10-5-3-4-8(10,9)7(12)13-2/h3-5H2,1-2H3/t8-/m0/s1. The number of rotatable bonds is 1. The summed E-state index contributed by atoms with van der Waals surface area (Å²) in [5.41, 5.74) is 0. The topological polar surface area (TPSA) is 46.6 Å². The molecule has 1 amide bonds. The van der Waals surface area contributed by atoms with Crippen LogP contribution in [-0.4, -0.2) is 36.2 Å². The van der Waals surface area contributed by atoms with Crippen molar-refractivity contribution >= 4 is 11.9 Å². The Kier molecular flexibility index (Phi) is 2.54. The summed E-state index contributed by atoms with van der Waals surface area (Å²) in [6, 6.07) is 0. The summed E-state index contributed by atoms with van der Waals surface area (Å²) < 4.78 is 18.2. The lowest BCUT2D eigenvalue weighted by atomic mass is 10.2.